The van der Waals surface area contributed by atoms with E-state index in [0.29, 0.717) is 24.7 Å². The van der Waals surface area contributed by atoms with Crippen molar-refractivity contribution in [2.24, 2.45) is 0 Å². The minimum absolute atomic E-state index is 0.0278. The van der Waals surface area contributed by atoms with Crippen LogP contribution in [-0.2, 0) is 19.6 Å². The second-order valence-electron chi connectivity index (χ2n) is 8.58. The van der Waals surface area contributed by atoms with Gasteiger partial charge < -0.3 is 0 Å². The number of hydrogen-bond acceptors (Lipinski definition) is 5. The van der Waals surface area contributed by atoms with Gasteiger partial charge in [-0.1, -0.05) is 26.0 Å². The third-order valence-corrected chi connectivity index (χ3v) is 8.53. The Balaban J connectivity index is 1.42. The molecule has 2 saturated heterocycles. The molecular formula is C24H28FN3O4S. The van der Waals surface area contributed by atoms with E-state index in [0.717, 1.165) is 16.9 Å². The van der Waals surface area contributed by atoms with Gasteiger partial charge in [0, 0.05) is 26.2 Å². The van der Waals surface area contributed by atoms with E-state index in [1.54, 1.807) is 12.1 Å². The van der Waals surface area contributed by atoms with Crippen LogP contribution in [0, 0.1) is 5.82 Å². The lowest BCUT2D eigenvalue weighted by Crippen LogP contribution is -2.53. The predicted octanol–water partition coefficient (Wildman–Crippen LogP) is 2.98. The normalized spacial score (nSPS) is 21.5. The molecule has 33 heavy (non-hydrogen) atoms. The molecule has 4 rings (SSSR count). The summed E-state index contributed by atoms with van der Waals surface area (Å²) in [6.45, 7) is 5.38. The fraction of sp³-hybridized carbons (Fsp3) is 0.417. The van der Waals surface area contributed by atoms with Gasteiger partial charge in [0.25, 0.3) is 5.91 Å². The number of carbonyl (C=O) groups is 2. The van der Waals surface area contributed by atoms with Crippen molar-refractivity contribution < 1.29 is 22.4 Å². The molecule has 0 spiro atoms. The van der Waals surface area contributed by atoms with E-state index < -0.39 is 21.9 Å². The highest BCUT2D eigenvalue weighted by Crippen LogP contribution is 2.28. The first-order valence-corrected chi connectivity index (χ1v) is 12.6. The molecular weight excluding hydrogens is 445 g/mol. The molecule has 2 aliphatic heterocycles. The standard InChI is InChI=1S/C24H28FN3O4S/c1-3-17(2)18-4-10-21(11-5-18)33(31,32)27-14-12-26(13-15-27)22-16-23(29)28(24(22)30)20-8-6-19(25)7-9-20/h4-11,17,22H,3,12-16H2,1-2H3/t17-,22+/m1/s1. The Bertz CT molecular complexity index is 1130. The number of piperazine rings is 1. The second kappa shape index (κ2) is 9.32. The molecule has 9 heteroatoms. The molecule has 2 heterocycles. The summed E-state index contributed by atoms with van der Waals surface area (Å²) in [7, 11) is -3.63. The van der Waals surface area contributed by atoms with E-state index in [1.807, 2.05) is 17.0 Å². The molecule has 0 bridgehead atoms. The average molecular weight is 474 g/mol. The number of halogens is 1. The van der Waals surface area contributed by atoms with Gasteiger partial charge in [-0.05, 0) is 54.3 Å². The van der Waals surface area contributed by atoms with Crippen LogP contribution in [0.5, 0.6) is 0 Å². The number of carbonyl (C=O) groups excluding carboxylic acids is 2. The SMILES string of the molecule is CC[C@@H](C)c1ccc(S(=O)(=O)N2CCN([C@H]3CC(=O)N(c4ccc(F)cc4)C3=O)CC2)cc1. The van der Waals surface area contributed by atoms with Gasteiger partial charge in [-0.2, -0.15) is 4.31 Å². The summed E-state index contributed by atoms with van der Waals surface area (Å²) in [5.74, 6) is -0.774. The molecule has 0 radical (unpaired) electrons. The van der Waals surface area contributed by atoms with Crippen LogP contribution in [0.3, 0.4) is 0 Å². The van der Waals surface area contributed by atoms with E-state index in [9.17, 15) is 22.4 Å². The van der Waals surface area contributed by atoms with Gasteiger partial charge in [0.05, 0.1) is 23.0 Å². The van der Waals surface area contributed by atoms with Crippen LogP contribution in [0.25, 0.3) is 0 Å². The van der Waals surface area contributed by atoms with Crippen LogP contribution in [0.1, 0.15) is 38.2 Å². The van der Waals surface area contributed by atoms with Crippen molar-refractivity contribution >= 4 is 27.5 Å². The first-order valence-electron chi connectivity index (χ1n) is 11.2. The molecule has 2 aromatic rings. The number of anilines is 1. The molecule has 176 valence electrons. The number of sulfonamides is 1. The Hall–Kier alpha value is -2.62. The summed E-state index contributed by atoms with van der Waals surface area (Å²) in [6.07, 6.45) is 1.01. The lowest BCUT2D eigenvalue weighted by atomic mass is 9.99. The zero-order valence-corrected chi connectivity index (χ0v) is 19.6. The first-order chi connectivity index (χ1) is 15.7. The Morgan fingerprint density at radius 1 is 0.970 bits per heavy atom. The van der Waals surface area contributed by atoms with Crippen molar-refractivity contribution in [1.29, 1.82) is 0 Å². The van der Waals surface area contributed by atoms with E-state index in [4.69, 9.17) is 0 Å². The summed E-state index contributed by atoms with van der Waals surface area (Å²) in [5, 5.41) is 0. The summed E-state index contributed by atoms with van der Waals surface area (Å²) in [4.78, 5) is 28.7. The number of hydrogen-bond donors (Lipinski definition) is 0. The fourth-order valence-corrected chi connectivity index (χ4v) is 5.79. The Labute approximate surface area is 193 Å². The summed E-state index contributed by atoms with van der Waals surface area (Å²) < 4.78 is 40.8. The Morgan fingerprint density at radius 3 is 2.15 bits per heavy atom. The van der Waals surface area contributed by atoms with Crippen molar-refractivity contribution in [2.75, 3.05) is 31.1 Å². The summed E-state index contributed by atoms with van der Waals surface area (Å²) in [6, 6.07) is 11.6. The Morgan fingerprint density at radius 2 is 1.58 bits per heavy atom. The molecule has 0 aliphatic carbocycles. The van der Waals surface area contributed by atoms with Crippen LogP contribution >= 0.6 is 0 Å². The molecule has 0 aromatic heterocycles. The number of imide groups is 1. The number of benzene rings is 2. The molecule has 0 saturated carbocycles. The molecule has 2 amide bonds. The lowest BCUT2D eigenvalue weighted by molar-refractivity contribution is -0.123. The number of amides is 2. The molecule has 0 N–H and O–H groups in total. The highest BCUT2D eigenvalue weighted by atomic mass is 32.2. The minimum Gasteiger partial charge on any atom is -0.289 e. The van der Waals surface area contributed by atoms with Gasteiger partial charge in [0.2, 0.25) is 15.9 Å². The zero-order valence-electron chi connectivity index (χ0n) is 18.8. The van der Waals surface area contributed by atoms with Gasteiger partial charge in [-0.15, -0.1) is 0 Å². The van der Waals surface area contributed by atoms with Crippen LogP contribution < -0.4 is 4.90 Å². The van der Waals surface area contributed by atoms with Crippen molar-refractivity contribution in [3.05, 3.63) is 59.9 Å². The van der Waals surface area contributed by atoms with Gasteiger partial charge in [0.15, 0.2) is 0 Å². The van der Waals surface area contributed by atoms with Crippen molar-refractivity contribution in [3.8, 4) is 0 Å². The van der Waals surface area contributed by atoms with Gasteiger partial charge in [0.1, 0.15) is 5.82 Å². The van der Waals surface area contributed by atoms with Crippen LogP contribution in [0.2, 0.25) is 0 Å². The molecule has 2 aromatic carbocycles. The van der Waals surface area contributed by atoms with E-state index in [-0.39, 0.29) is 36.2 Å². The van der Waals surface area contributed by atoms with E-state index >= 15 is 0 Å². The summed E-state index contributed by atoms with van der Waals surface area (Å²) in [5.41, 5.74) is 1.45. The van der Waals surface area contributed by atoms with Crippen molar-refractivity contribution in [3.63, 3.8) is 0 Å². The highest BCUT2D eigenvalue weighted by Gasteiger charge is 2.44. The molecule has 2 fully saturated rings. The maximum Gasteiger partial charge on any atom is 0.251 e. The summed E-state index contributed by atoms with van der Waals surface area (Å²) >= 11 is 0. The maximum absolute atomic E-state index is 13.2. The van der Waals surface area contributed by atoms with E-state index in [1.165, 1.54) is 28.6 Å². The third kappa shape index (κ3) is 4.58. The monoisotopic (exact) mass is 473 g/mol. The van der Waals surface area contributed by atoms with Crippen molar-refractivity contribution in [2.45, 2.75) is 43.5 Å². The highest BCUT2D eigenvalue weighted by molar-refractivity contribution is 7.89. The molecule has 7 nitrogen and oxygen atoms in total. The van der Waals surface area contributed by atoms with Gasteiger partial charge in [-0.3, -0.25) is 14.5 Å². The maximum atomic E-state index is 13.2. The topological polar surface area (TPSA) is 78.0 Å². The fourth-order valence-electron chi connectivity index (χ4n) is 4.37. The molecule has 0 unspecified atom stereocenters. The molecule has 2 aliphatic rings. The quantitative estimate of drug-likeness (QED) is 0.603. The largest absolute Gasteiger partial charge is 0.289 e. The smallest absolute Gasteiger partial charge is 0.251 e. The lowest BCUT2D eigenvalue weighted by Gasteiger charge is -2.36. The third-order valence-electron chi connectivity index (χ3n) is 6.62. The first kappa shape index (κ1) is 23.5. The van der Waals surface area contributed by atoms with Crippen molar-refractivity contribution in [1.82, 2.24) is 9.21 Å². The Kier molecular flexibility index (Phi) is 6.65. The second-order valence-corrected chi connectivity index (χ2v) is 10.5. The van der Waals surface area contributed by atoms with Gasteiger partial charge in [-0.25, -0.2) is 17.7 Å². The number of rotatable bonds is 6. The van der Waals surface area contributed by atoms with Crippen LogP contribution in [0.4, 0.5) is 10.1 Å². The van der Waals surface area contributed by atoms with E-state index in [2.05, 4.69) is 13.8 Å². The average Bonchev–Trinajstić information content (AvgIpc) is 3.13. The van der Waals surface area contributed by atoms with Gasteiger partial charge >= 0.3 is 0 Å². The van der Waals surface area contributed by atoms with Crippen LogP contribution in [-0.4, -0.2) is 61.7 Å². The zero-order chi connectivity index (χ0) is 23.8. The van der Waals surface area contributed by atoms with Crippen LogP contribution in [0.15, 0.2) is 53.4 Å². The number of nitrogens with zero attached hydrogens (tertiary/aromatic N) is 3. The molecule has 2 atom stereocenters. The minimum atomic E-state index is -3.63. The predicted molar refractivity (Wildman–Crippen MR) is 123 cm³/mol.